The molecule has 0 bridgehead atoms. The summed E-state index contributed by atoms with van der Waals surface area (Å²) in [5.41, 5.74) is 1.69. The third-order valence-corrected chi connectivity index (χ3v) is 14.2. The van der Waals surface area contributed by atoms with E-state index < -0.39 is 65.4 Å². The van der Waals surface area contributed by atoms with Crippen molar-refractivity contribution >= 4 is 35.5 Å². The second-order valence-electron chi connectivity index (χ2n) is 19.7. The molecule has 5 aliphatic rings. The van der Waals surface area contributed by atoms with Gasteiger partial charge in [0.15, 0.2) is 0 Å². The molecule has 1 aromatic heterocycles. The summed E-state index contributed by atoms with van der Waals surface area (Å²) in [6.07, 6.45) is -0.333. The number of anilines is 1. The van der Waals surface area contributed by atoms with E-state index in [0.717, 1.165) is 16.0 Å². The number of halogens is 3. The minimum Gasteiger partial charge on any atom is -0.496 e. The van der Waals surface area contributed by atoms with E-state index in [1.54, 1.807) is 0 Å². The van der Waals surface area contributed by atoms with Crippen molar-refractivity contribution in [2.75, 3.05) is 38.2 Å². The Hall–Kier alpha value is -6.29. The number of ether oxygens (including phenoxy) is 3. The number of methoxy groups -OCH3 is 1. The summed E-state index contributed by atoms with van der Waals surface area (Å²) in [7, 11) is 1.32. The molecular weight excluding hydrogens is 874 g/mol. The van der Waals surface area contributed by atoms with Gasteiger partial charge in [-0.1, -0.05) is 27.7 Å². The van der Waals surface area contributed by atoms with E-state index >= 15 is 0 Å². The number of nitriles is 1. The number of amides is 5. The Balaban J connectivity index is 0.832. The molecule has 4 heterocycles. The fourth-order valence-corrected chi connectivity index (χ4v) is 11.0. The number of alkyl halides is 3. The zero-order valence-electron chi connectivity index (χ0n) is 38.6. The number of imide groups is 2. The number of nitrogens with zero attached hydrogens (tertiary/aromatic N) is 6. The molecule has 67 heavy (non-hydrogen) atoms. The average Bonchev–Trinajstić information content (AvgIpc) is 3.50. The van der Waals surface area contributed by atoms with Crippen molar-refractivity contribution in [1.29, 1.82) is 5.26 Å². The molecule has 2 saturated heterocycles. The molecule has 356 valence electrons. The third-order valence-electron chi connectivity index (χ3n) is 14.2. The highest BCUT2D eigenvalue weighted by molar-refractivity contribution is 6.24. The van der Waals surface area contributed by atoms with Gasteiger partial charge in [-0.15, -0.1) is 0 Å². The molecular formula is C48H55F3N8O8. The maximum absolute atomic E-state index is 13.9. The lowest BCUT2D eigenvalue weighted by Crippen LogP contribution is -2.74. The van der Waals surface area contributed by atoms with E-state index in [9.17, 15) is 42.4 Å². The van der Waals surface area contributed by atoms with E-state index in [0.29, 0.717) is 61.6 Å². The van der Waals surface area contributed by atoms with E-state index in [2.05, 4.69) is 26.7 Å². The second kappa shape index (κ2) is 17.7. The van der Waals surface area contributed by atoms with Crippen molar-refractivity contribution in [2.24, 2.45) is 16.7 Å². The highest BCUT2D eigenvalue weighted by Crippen LogP contribution is 2.55. The number of aryl methyl sites for hydroxylation is 2. The minimum absolute atomic E-state index is 0.0102. The molecule has 3 aromatic rings. The van der Waals surface area contributed by atoms with Gasteiger partial charge < -0.3 is 24.4 Å². The van der Waals surface area contributed by atoms with Crippen molar-refractivity contribution in [3.8, 4) is 23.3 Å². The molecule has 2 saturated carbocycles. The Morgan fingerprint density at radius 2 is 1.57 bits per heavy atom. The molecule has 1 atom stereocenters. The Morgan fingerprint density at radius 1 is 0.940 bits per heavy atom. The predicted octanol–water partition coefficient (Wildman–Crippen LogP) is 5.68. The predicted molar refractivity (Wildman–Crippen MR) is 236 cm³/mol. The van der Waals surface area contributed by atoms with Gasteiger partial charge in [0.1, 0.15) is 35.5 Å². The molecule has 8 rings (SSSR count). The first kappa shape index (κ1) is 47.2. The molecule has 0 radical (unpaired) electrons. The van der Waals surface area contributed by atoms with Crippen LogP contribution >= 0.6 is 0 Å². The highest BCUT2D eigenvalue weighted by atomic mass is 19.4. The van der Waals surface area contributed by atoms with Crippen molar-refractivity contribution < 1.29 is 51.4 Å². The molecule has 16 nitrogen and oxygen atoms in total. The molecule has 4 fully saturated rings. The third kappa shape index (κ3) is 9.11. The van der Waals surface area contributed by atoms with Gasteiger partial charge in [-0.25, -0.2) is 9.97 Å². The Labute approximate surface area is 386 Å². The van der Waals surface area contributed by atoms with Gasteiger partial charge in [0.05, 0.1) is 42.0 Å². The van der Waals surface area contributed by atoms with Crippen molar-refractivity contribution in [3.63, 3.8) is 0 Å². The van der Waals surface area contributed by atoms with Crippen LogP contribution in [0.15, 0.2) is 36.7 Å². The smallest absolute Gasteiger partial charge is 0.401 e. The van der Waals surface area contributed by atoms with E-state index in [4.69, 9.17) is 14.2 Å². The van der Waals surface area contributed by atoms with Crippen LogP contribution in [-0.2, 0) is 9.59 Å². The Morgan fingerprint density at radius 3 is 2.15 bits per heavy atom. The average molecular weight is 929 g/mol. The van der Waals surface area contributed by atoms with E-state index in [1.807, 2.05) is 58.6 Å². The fourth-order valence-electron chi connectivity index (χ4n) is 11.0. The van der Waals surface area contributed by atoms with Crippen LogP contribution in [0.25, 0.3) is 0 Å². The van der Waals surface area contributed by atoms with Gasteiger partial charge in [-0.05, 0) is 68.4 Å². The Kier molecular flexibility index (Phi) is 12.5. The molecule has 3 aliphatic heterocycles. The zero-order valence-corrected chi connectivity index (χ0v) is 38.6. The molecule has 0 spiro atoms. The number of aromatic nitrogens is 2. The first-order valence-corrected chi connectivity index (χ1v) is 22.6. The minimum atomic E-state index is -4.42. The summed E-state index contributed by atoms with van der Waals surface area (Å²) in [6.45, 7) is 12.2. The summed E-state index contributed by atoms with van der Waals surface area (Å²) >= 11 is 0. The number of nitrogens with one attached hydrogen (secondary N) is 2. The fraction of sp³-hybridized carbons (Fsp3) is 0.542. The van der Waals surface area contributed by atoms with Crippen LogP contribution in [0.1, 0.15) is 114 Å². The molecule has 5 amide bonds. The first-order chi connectivity index (χ1) is 31.6. The van der Waals surface area contributed by atoms with Gasteiger partial charge in [-0.3, -0.25) is 39.1 Å². The second-order valence-corrected chi connectivity index (χ2v) is 19.7. The SMILES string of the molecule is COc1cc(OC2CC(N(CC3CCN(c4ncc(C(=O)NC5C(C)(C)C(Oc6cc(C)c(C#N)c(C)c6)C5(C)C)cn4)CC3)CC(F)(F)F)C2)cc2c1C(=O)N([C@@H]1CCC(=O)NC1=O)C2=O. The van der Waals surface area contributed by atoms with E-state index in [1.165, 1.54) is 36.5 Å². The van der Waals surface area contributed by atoms with Gasteiger partial charge in [0.2, 0.25) is 17.8 Å². The van der Waals surface area contributed by atoms with Crippen LogP contribution in [0.2, 0.25) is 0 Å². The van der Waals surface area contributed by atoms with Gasteiger partial charge in [-0.2, -0.15) is 18.4 Å². The lowest BCUT2D eigenvalue weighted by Gasteiger charge is -2.63. The lowest BCUT2D eigenvalue weighted by molar-refractivity contribution is -0.164. The topological polar surface area (TPSA) is 196 Å². The number of carbonyl (C=O) groups excluding carboxylic acids is 5. The number of piperidine rings is 2. The number of rotatable bonds is 13. The van der Waals surface area contributed by atoms with Gasteiger partial charge in [0, 0.05) is 80.3 Å². The van der Waals surface area contributed by atoms with Crippen molar-refractivity contribution in [3.05, 3.63) is 70.0 Å². The summed E-state index contributed by atoms with van der Waals surface area (Å²) in [4.78, 5) is 77.9. The van der Waals surface area contributed by atoms with Crippen LogP contribution in [0, 0.1) is 41.9 Å². The van der Waals surface area contributed by atoms with E-state index in [-0.39, 0.29) is 66.0 Å². The molecule has 2 N–H and O–H groups in total. The lowest BCUT2D eigenvalue weighted by atomic mass is 9.49. The Bertz CT molecular complexity index is 2490. The summed E-state index contributed by atoms with van der Waals surface area (Å²) in [6, 6.07) is 7.01. The van der Waals surface area contributed by atoms with Crippen LogP contribution in [0.4, 0.5) is 19.1 Å². The number of hydrogen-bond donors (Lipinski definition) is 2. The van der Waals surface area contributed by atoms with Crippen molar-refractivity contribution in [1.82, 2.24) is 30.4 Å². The van der Waals surface area contributed by atoms with Gasteiger partial charge >= 0.3 is 6.18 Å². The number of hydrogen-bond acceptors (Lipinski definition) is 13. The standard InChI is InChI=1S/C48H55F3N8O8/c1-25-14-30(15-26(2)34(25)20-52)67-44-46(3,4)43(47(44,5)6)56-39(61)28-21-53-45(54-22-28)57-12-10-27(11-13-57)23-58(24-48(49,50)51)29-16-31(17-29)66-32-18-33-38(36(19-32)65-7)42(64)59(41(33)63)35-8-9-37(60)55-40(35)62/h14-15,18-19,21-22,27,29,31,35,43-44H,8-13,16-17,23-24H2,1-7H3,(H,56,61)(H,55,60,62)/t29?,31?,35-,43?,44?/m1/s1. The molecule has 0 unspecified atom stereocenters. The maximum atomic E-state index is 13.9. The quantitative estimate of drug-likeness (QED) is 0.199. The van der Waals surface area contributed by atoms with Crippen LogP contribution in [-0.4, -0.2) is 119 Å². The highest BCUT2D eigenvalue weighted by Gasteiger charge is 2.64. The zero-order chi connectivity index (χ0) is 48.3. The summed E-state index contributed by atoms with van der Waals surface area (Å²) in [5, 5.41) is 14.8. The van der Waals surface area contributed by atoms with Crippen LogP contribution < -0.4 is 29.7 Å². The van der Waals surface area contributed by atoms with Crippen LogP contribution in [0.5, 0.6) is 17.2 Å². The summed E-state index contributed by atoms with van der Waals surface area (Å²) in [5.74, 6) is -1.67. The monoisotopic (exact) mass is 928 g/mol. The number of fused-ring (bicyclic) bond motifs is 1. The number of carbonyl (C=O) groups is 5. The molecule has 2 aliphatic carbocycles. The molecule has 19 heteroatoms. The largest absolute Gasteiger partial charge is 0.496 e. The van der Waals surface area contributed by atoms with Crippen molar-refractivity contribution in [2.45, 2.75) is 117 Å². The normalized spacial score (nSPS) is 24.6. The van der Waals surface area contributed by atoms with Crippen LogP contribution in [0.3, 0.4) is 0 Å². The first-order valence-electron chi connectivity index (χ1n) is 22.6. The maximum Gasteiger partial charge on any atom is 0.401 e. The number of benzene rings is 2. The molecule has 2 aromatic carbocycles. The van der Waals surface area contributed by atoms with Gasteiger partial charge in [0.25, 0.3) is 17.7 Å². The summed E-state index contributed by atoms with van der Waals surface area (Å²) < 4.78 is 59.9.